The molecule has 0 amide bonds. The van der Waals surface area contributed by atoms with Crippen LogP contribution in [0, 0.1) is 23.7 Å². The molecule has 4 atom stereocenters. The molecule has 0 aliphatic heterocycles. The monoisotopic (exact) mass is 869 g/mol. The average Bonchev–Trinajstić information content (AvgIpc) is 3.14. The van der Waals surface area contributed by atoms with Crippen molar-refractivity contribution in [3.8, 4) is 0 Å². The fourth-order valence-corrected chi connectivity index (χ4v) is 6.63. The summed E-state index contributed by atoms with van der Waals surface area (Å²) >= 11 is 0. The van der Waals surface area contributed by atoms with Crippen LogP contribution in [0.15, 0.2) is 81.5 Å². The van der Waals surface area contributed by atoms with Crippen LogP contribution in [-0.4, -0.2) is 39.0 Å². The topological polar surface area (TPSA) is 44.8 Å². The van der Waals surface area contributed by atoms with Gasteiger partial charge in [-0.1, -0.05) is 162 Å². The summed E-state index contributed by atoms with van der Waals surface area (Å²) in [6.07, 6.45) is 35.0. The highest BCUT2D eigenvalue weighted by Gasteiger charge is 2.07. The van der Waals surface area contributed by atoms with Gasteiger partial charge in [0.15, 0.2) is 0 Å². The predicted octanol–water partition coefficient (Wildman–Crippen LogP) is 18.7. The lowest BCUT2D eigenvalue weighted by molar-refractivity contribution is -0.139. The summed E-state index contributed by atoms with van der Waals surface area (Å²) in [6.45, 7) is 41.4. The number of carbonyl (C=O) groups excluding carboxylic acids is 1. The molecule has 0 heterocycles. The van der Waals surface area contributed by atoms with Gasteiger partial charge in [0.25, 0.3) is 0 Å². The number of ether oxygens (including phenoxy) is 3. The maximum Gasteiger partial charge on any atom is 0.302 e. The standard InChI is InChI=1S/C22H42O2.2C12H22O.C12H22/c1-18(2)10-7-11-19(3)12-8-13-20(4)14-9-15-21(5)16-17-24-22(6)23;2*1-10(2)7-6-8-11(3)9-12(4)13-5;1-10(2)7-6-8-12(5)9-11(3)4/h16,18-20H,7-15,17H2,1-6H3;2*7,9,12H,6,8H2,1-5H3;7,9,11H,6,8H2,1-5H3/b21-16+;11-9+;11-9-;12-9-/t19-,20-;;;/m1.../s1. The molecule has 0 aromatic rings. The number of allylic oxidation sites excluding steroid dienone is 11. The molecule has 0 spiro atoms. The Kier molecular flexibility index (Phi) is 48.2. The first-order valence-corrected chi connectivity index (χ1v) is 24.7. The van der Waals surface area contributed by atoms with E-state index in [9.17, 15) is 4.79 Å². The van der Waals surface area contributed by atoms with Crippen molar-refractivity contribution in [1.82, 2.24) is 0 Å². The molecule has 4 nitrogen and oxygen atoms in total. The lowest BCUT2D eigenvalue weighted by Gasteiger charge is -2.15. The van der Waals surface area contributed by atoms with Gasteiger partial charge in [-0.25, -0.2) is 0 Å². The van der Waals surface area contributed by atoms with Crippen LogP contribution < -0.4 is 0 Å². The lowest BCUT2D eigenvalue weighted by atomic mass is 9.91. The van der Waals surface area contributed by atoms with Gasteiger partial charge in [-0.3, -0.25) is 4.79 Å². The van der Waals surface area contributed by atoms with Gasteiger partial charge < -0.3 is 14.2 Å². The summed E-state index contributed by atoms with van der Waals surface area (Å²) < 4.78 is 15.3. The summed E-state index contributed by atoms with van der Waals surface area (Å²) in [4.78, 5) is 10.7. The first-order chi connectivity index (χ1) is 28.9. The molecule has 0 rings (SSSR count). The molecular formula is C58H108O4. The SMILES string of the molecule is CC(=O)OC/C=C(\C)CCC[C@H](C)CCC[C@H](C)CCCC(C)C.CC(C)=CCC/C(C)=C\C(C)C.COC(C)/C=C(/C)CCC=C(C)C.COC(C)/C=C(\C)CCC=C(C)C. The van der Waals surface area contributed by atoms with Crippen LogP contribution in [0.25, 0.3) is 0 Å². The van der Waals surface area contributed by atoms with Gasteiger partial charge >= 0.3 is 5.97 Å². The first-order valence-electron chi connectivity index (χ1n) is 24.7. The molecule has 0 saturated carbocycles. The summed E-state index contributed by atoms with van der Waals surface area (Å²) in [7, 11) is 3.48. The van der Waals surface area contributed by atoms with E-state index in [1.54, 1.807) is 14.2 Å². The van der Waals surface area contributed by atoms with Gasteiger partial charge in [0.05, 0.1) is 12.2 Å². The highest BCUT2D eigenvalue weighted by Crippen LogP contribution is 2.22. The van der Waals surface area contributed by atoms with E-state index in [0.717, 1.165) is 49.9 Å². The van der Waals surface area contributed by atoms with Crippen LogP contribution in [0.1, 0.15) is 228 Å². The zero-order valence-electron chi connectivity index (χ0n) is 45.5. The number of methoxy groups -OCH3 is 2. The van der Waals surface area contributed by atoms with Crippen LogP contribution in [0.3, 0.4) is 0 Å². The van der Waals surface area contributed by atoms with Gasteiger partial charge in [0.2, 0.25) is 0 Å². The Morgan fingerprint density at radius 2 is 0.790 bits per heavy atom. The third-order valence-corrected chi connectivity index (χ3v) is 10.5. The molecule has 2 unspecified atom stereocenters. The van der Waals surface area contributed by atoms with E-state index in [1.807, 2.05) is 6.08 Å². The largest absolute Gasteiger partial charge is 0.462 e. The Balaban J connectivity index is -0.000000381. The maximum absolute atomic E-state index is 10.7. The van der Waals surface area contributed by atoms with Crippen molar-refractivity contribution < 1.29 is 19.0 Å². The molecule has 0 aromatic heterocycles. The molecule has 0 radical (unpaired) electrons. The normalized spacial score (nSPS) is 13.9. The van der Waals surface area contributed by atoms with Gasteiger partial charge in [0, 0.05) is 21.1 Å². The minimum Gasteiger partial charge on any atom is -0.462 e. The Morgan fingerprint density at radius 1 is 0.435 bits per heavy atom. The maximum atomic E-state index is 10.7. The smallest absolute Gasteiger partial charge is 0.302 e. The van der Waals surface area contributed by atoms with E-state index >= 15 is 0 Å². The summed E-state index contributed by atoms with van der Waals surface area (Å²) in [5.74, 6) is 3.06. The minimum atomic E-state index is -0.203. The van der Waals surface area contributed by atoms with E-state index in [2.05, 4.69) is 161 Å². The van der Waals surface area contributed by atoms with Gasteiger partial charge in [-0.05, 0) is 164 Å². The molecule has 0 N–H and O–H groups in total. The average molecular weight is 869 g/mol. The van der Waals surface area contributed by atoms with E-state index < -0.39 is 0 Å². The van der Waals surface area contributed by atoms with Gasteiger partial charge in [-0.15, -0.1) is 0 Å². The second-order valence-electron chi connectivity index (χ2n) is 19.8. The summed E-state index contributed by atoms with van der Waals surface area (Å²) in [5.41, 5.74) is 9.89. The van der Waals surface area contributed by atoms with Crippen molar-refractivity contribution in [3.05, 3.63) is 81.5 Å². The van der Waals surface area contributed by atoms with E-state index in [4.69, 9.17) is 14.2 Å². The molecule has 0 aliphatic carbocycles. The van der Waals surface area contributed by atoms with Crippen molar-refractivity contribution in [1.29, 1.82) is 0 Å². The molecule has 4 heteroatoms. The van der Waals surface area contributed by atoms with Crippen molar-refractivity contribution in [2.45, 2.75) is 240 Å². The van der Waals surface area contributed by atoms with Crippen molar-refractivity contribution in [3.63, 3.8) is 0 Å². The first kappa shape index (κ1) is 66.2. The fourth-order valence-electron chi connectivity index (χ4n) is 6.63. The van der Waals surface area contributed by atoms with E-state index in [1.165, 1.54) is 110 Å². The fraction of sp³-hybridized carbons (Fsp3) is 0.741. The predicted molar refractivity (Wildman–Crippen MR) is 280 cm³/mol. The molecule has 62 heavy (non-hydrogen) atoms. The molecule has 0 bridgehead atoms. The number of carbonyl (C=O) groups is 1. The zero-order valence-corrected chi connectivity index (χ0v) is 45.5. The van der Waals surface area contributed by atoms with Gasteiger partial charge in [0.1, 0.15) is 6.61 Å². The molecule has 0 saturated heterocycles. The third kappa shape index (κ3) is 59.7. The molecular weight excluding hydrogens is 761 g/mol. The van der Waals surface area contributed by atoms with E-state index in [0.29, 0.717) is 12.5 Å². The second-order valence-corrected chi connectivity index (χ2v) is 19.8. The Labute approximate surface area is 389 Å². The Hall–Kier alpha value is -2.43. The molecule has 0 aromatic carbocycles. The molecule has 364 valence electrons. The zero-order chi connectivity index (χ0) is 48.5. The van der Waals surface area contributed by atoms with Crippen molar-refractivity contribution in [2.75, 3.05) is 20.8 Å². The molecule has 0 fully saturated rings. The third-order valence-electron chi connectivity index (χ3n) is 10.5. The Bertz CT molecular complexity index is 1230. The molecule has 0 aliphatic rings. The van der Waals surface area contributed by atoms with Crippen LogP contribution in [-0.2, 0) is 19.0 Å². The number of hydrogen-bond acceptors (Lipinski definition) is 4. The van der Waals surface area contributed by atoms with Gasteiger partial charge in [-0.2, -0.15) is 0 Å². The minimum absolute atomic E-state index is 0.203. The number of esters is 1. The Morgan fingerprint density at radius 3 is 1.11 bits per heavy atom. The summed E-state index contributed by atoms with van der Waals surface area (Å²) in [6, 6.07) is 0. The summed E-state index contributed by atoms with van der Waals surface area (Å²) in [5, 5.41) is 0. The van der Waals surface area contributed by atoms with Crippen LogP contribution in [0.2, 0.25) is 0 Å². The quantitative estimate of drug-likeness (QED) is 0.0580. The van der Waals surface area contributed by atoms with Crippen LogP contribution >= 0.6 is 0 Å². The van der Waals surface area contributed by atoms with Crippen LogP contribution in [0.4, 0.5) is 0 Å². The number of hydrogen-bond donors (Lipinski definition) is 0. The van der Waals surface area contributed by atoms with Crippen LogP contribution in [0.5, 0.6) is 0 Å². The lowest BCUT2D eigenvalue weighted by Crippen LogP contribution is -2.00. The van der Waals surface area contributed by atoms with E-state index in [-0.39, 0.29) is 18.2 Å². The number of rotatable bonds is 28. The van der Waals surface area contributed by atoms with Crippen molar-refractivity contribution in [2.24, 2.45) is 23.7 Å². The highest BCUT2D eigenvalue weighted by molar-refractivity contribution is 5.66. The second kappa shape index (κ2) is 45.1. The van der Waals surface area contributed by atoms with Crippen molar-refractivity contribution >= 4 is 5.97 Å². The highest BCUT2D eigenvalue weighted by atomic mass is 16.5.